The van der Waals surface area contributed by atoms with Gasteiger partial charge in [0, 0.05) is 17.1 Å². The van der Waals surface area contributed by atoms with Gasteiger partial charge in [-0.25, -0.2) is 9.18 Å². The van der Waals surface area contributed by atoms with Crippen molar-refractivity contribution in [1.29, 1.82) is 0 Å². The molecule has 0 saturated carbocycles. The van der Waals surface area contributed by atoms with Gasteiger partial charge in [-0.3, -0.25) is 0 Å². The first-order valence-corrected chi connectivity index (χ1v) is 7.84. The van der Waals surface area contributed by atoms with Crippen LogP contribution < -0.4 is 0 Å². The molecule has 1 aromatic rings. The highest BCUT2D eigenvalue weighted by atomic mass is 32.2. The van der Waals surface area contributed by atoms with E-state index >= 15 is 0 Å². The van der Waals surface area contributed by atoms with Crippen LogP contribution in [0.3, 0.4) is 0 Å². The number of alkyl halides is 6. The zero-order chi connectivity index (χ0) is 18.5. The van der Waals surface area contributed by atoms with Gasteiger partial charge in [-0.1, -0.05) is 12.1 Å². The van der Waals surface area contributed by atoms with Gasteiger partial charge >= 0.3 is 17.0 Å². The summed E-state index contributed by atoms with van der Waals surface area (Å²) in [5, 5.41) is 9.08. The van der Waals surface area contributed by atoms with Crippen LogP contribution in [0.5, 0.6) is 0 Å². The van der Waals surface area contributed by atoms with Crippen molar-refractivity contribution < 1.29 is 40.6 Å². The molecule has 0 fully saturated rings. The number of aliphatic carboxylic acids is 1. The Morgan fingerprint density at radius 3 is 1.96 bits per heavy atom. The van der Waals surface area contributed by atoms with E-state index in [1.807, 2.05) is 0 Å². The van der Waals surface area contributed by atoms with Crippen LogP contribution in [-0.2, 0) is 11.2 Å². The Morgan fingerprint density at radius 1 is 1.00 bits per heavy atom. The van der Waals surface area contributed by atoms with Crippen molar-refractivity contribution >= 4 is 29.5 Å². The number of carboxylic acid groups (broad SMARTS) is 1. The molecule has 0 saturated heterocycles. The van der Waals surface area contributed by atoms with Crippen LogP contribution in [0.25, 0.3) is 0 Å². The highest BCUT2D eigenvalue weighted by Crippen LogP contribution is 2.42. The van der Waals surface area contributed by atoms with E-state index in [0.29, 0.717) is 0 Å². The number of rotatable bonds is 6. The molecule has 0 spiro atoms. The fourth-order valence-corrected chi connectivity index (χ4v) is 3.01. The Labute approximate surface area is 140 Å². The minimum absolute atomic E-state index is 0.158. The van der Waals surface area contributed by atoms with E-state index in [9.17, 15) is 35.5 Å². The van der Waals surface area contributed by atoms with Crippen LogP contribution in [0, 0.1) is 5.82 Å². The summed E-state index contributed by atoms with van der Waals surface area (Å²) in [7, 11) is 0. The van der Waals surface area contributed by atoms with Gasteiger partial charge in [-0.15, -0.1) is 0 Å². The summed E-state index contributed by atoms with van der Waals surface area (Å²) in [5.74, 6) is -3.60. The van der Waals surface area contributed by atoms with E-state index in [0.717, 1.165) is 24.3 Å². The molecule has 0 aliphatic heterocycles. The van der Waals surface area contributed by atoms with Gasteiger partial charge in [-0.2, -0.15) is 26.3 Å². The molecule has 0 atom stereocenters. The van der Waals surface area contributed by atoms with E-state index in [1.54, 1.807) is 0 Å². The molecule has 134 valence electrons. The first-order valence-electron chi connectivity index (χ1n) is 6.03. The summed E-state index contributed by atoms with van der Waals surface area (Å²) >= 11 is -1.66. The Balaban J connectivity index is 3.18. The van der Waals surface area contributed by atoms with Crippen LogP contribution >= 0.6 is 23.5 Å². The third-order valence-electron chi connectivity index (χ3n) is 2.49. The number of thioether (sulfide) groups is 2. The number of benzene rings is 1. The lowest BCUT2D eigenvalue weighted by atomic mass is 10.1. The zero-order valence-electron chi connectivity index (χ0n) is 11.5. The topological polar surface area (TPSA) is 37.3 Å². The summed E-state index contributed by atoms with van der Waals surface area (Å²) in [6.07, 6.45) is -0.563. The number of hydrogen-bond acceptors (Lipinski definition) is 3. The lowest BCUT2D eigenvalue weighted by molar-refractivity contribution is -0.132. The lowest BCUT2D eigenvalue weighted by Gasteiger charge is -2.15. The highest BCUT2D eigenvalue weighted by Gasteiger charge is 2.36. The maximum Gasteiger partial charge on any atom is 0.446 e. The predicted molar refractivity (Wildman–Crippen MR) is 76.9 cm³/mol. The molecule has 2 nitrogen and oxygen atoms in total. The average Bonchev–Trinajstić information content (AvgIpc) is 2.40. The van der Waals surface area contributed by atoms with E-state index < -0.39 is 69.0 Å². The van der Waals surface area contributed by atoms with Crippen LogP contribution in [0.1, 0.15) is 5.56 Å². The van der Waals surface area contributed by atoms with Crippen LogP contribution in [0.2, 0.25) is 0 Å². The molecule has 0 unspecified atom stereocenters. The second kappa shape index (κ2) is 8.15. The molecular formula is C13H9F7O2S2. The van der Waals surface area contributed by atoms with Gasteiger partial charge in [0.2, 0.25) is 0 Å². The minimum Gasteiger partial charge on any atom is -0.478 e. The Kier molecular flexibility index (Phi) is 7.02. The maximum absolute atomic E-state index is 12.8. The molecular weight excluding hydrogens is 385 g/mol. The molecule has 0 heterocycles. The van der Waals surface area contributed by atoms with Crippen molar-refractivity contribution in [1.82, 2.24) is 0 Å². The van der Waals surface area contributed by atoms with Gasteiger partial charge in [0.1, 0.15) is 5.82 Å². The van der Waals surface area contributed by atoms with E-state index in [2.05, 4.69) is 0 Å². The van der Waals surface area contributed by atoms with E-state index in [-0.39, 0.29) is 5.56 Å². The third-order valence-corrected chi connectivity index (χ3v) is 4.31. The van der Waals surface area contributed by atoms with Crippen molar-refractivity contribution in [2.24, 2.45) is 0 Å². The van der Waals surface area contributed by atoms with Crippen molar-refractivity contribution in [2.75, 3.05) is 5.75 Å². The van der Waals surface area contributed by atoms with E-state index in [4.69, 9.17) is 5.11 Å². The normalized spacial score (nSPS) is 13.6. The number of hydrogen-bond donors (Lipinski definition) is 1. The number of carboxylic acids is 1. The van der Waals surface area contributed by atoms with Crippen LogP contribution in [0.4, 0.5) is 30.7 Å². The summed E-state index contributed by atoms with van der Waals surface area (Å²) in [5.41, 5.74) is -10.4. The Hall–Kier alpha value is -1.36. The maximum atomic E-state index is 12.8. The number of halogens is 7. The fraction of sp³-hybridized carbons (Fsp3) is 0.308. The highest BCUT2D eigenvalue weighted by molar-refractivity contribution is 8.06. The molecule has 0 aliphatic rings. The van der Waals surface area contributed by atoms with Gasteiger partial charge in [0.15, 0.2) is 0 Å². The van der Waals surface area contributed by atoms with Crippen molar-refractivity contribution in [2.45, 2.75) is 17.4 Å². The fourth-order valence-electron chi connectivity index (χ4n) is 1.57. The largest absolute Gasteiger partial charge is 0.478 e. The predicted octanol–water partition coefficient (Wildman–Crippen LogP) is 5.21. The number of carbonyl (C=O) groups is 1. The first-order chi connectivity index (χ1) is 10.9. The molecule has 0 bridgehead atoms. The summed E-state index contributed by atoms with van der Waals surface area (Å²) in [4.78, 5) is 10.3. The molecule has 24 heavy (non-hydrogen) atoms. The molecule has 1 aromatic carbocycles. The quantitative estimate of drug-likeness (QED) is 0.531. The SMILES string of the molecule is O=C(O)/C(Cc1ccc(F)cc1)=C(\CSC(F)(F)F)SC(F)(F)F. The van der Waals surface area contributed by atoms with Gasteiger partial charge in [0.05, 0.1) is 5.57 Å². The molecule has 0 aliphatic carbocycles. The first kappa shape index (κ1) is 20.7. The molecule has 0 aromatic heterocycles. The summed E-state index contributed by atoms with van der Waals surface area (Å²) in [6, 6.07) is 4.22. The molecule has 0 amide bonds. The Bertz CT molecular complexity index is 606. The van der Waals surface area contributed by atoms with Crippen molar-refractivity contribution in [3.63, 3.8) is 0 Å². The van der Waals surface area contributed by atoms with Gasteiger partial charge in [-0.05, 0) is 41.2 Å². The van der Waals surface area contributed by atoms with E-state index in [1.165, 1.54) is 0 Å². The van der Waals surface area contributed by atoms with Crippen molar-refractivity contribution in [3.05, 3.63) is 46.1 Å². The molecule has 1 rings (SSSR count). The summed E-state index contributed by atoms with van der Waals surface area (Å²) < 4.78 is 87.2. The molecule has 0 radical (unpaired) electrons. The second-order valence-corrected chi connectivity index (χ2v) is 6.49. The standard InChI is InChI=1S/C13H9F7O2S2/c14-8-3-1-7(2-4-8)5-9(11(21)22)10(24-13(18,19)20)6-23-12(15,16)17/h1-4H,5-6H2,(H,21,22)/b10-9+. The van der Waals surface area contributed by atoms with Gasteiger partial charge in [0.25, 0.3) is 0 Å². The second-order valence-electron chi connectivity index (χ2n) is 4.29. The smallest absolute Gasteiger partial charge is 0.446 e. The van der Waals surface area contributed by atoms with Crippen molar-refractivity contribution in [3.8, 4) is 0 Å². The molecule has 11 heteroatoms. The van der Waals surface area contributed by atoms with Gasteiger partial charge < -0.3 is 5.11 Å². The summed E-state index contributed by atoms with van der Waals surface area (Å²) in [6.45, 7) is 0. The average molecular weight is 394 g/mol. The molecule has 1 N–H and O–H groups in total. The van der Waals surface area contributed by atoms with Crippen LogP contribution in [-0.4, -0.2) is 27.8 Å². The third kappa shape index (κ3) is 7.95. The zero-order valence-corrected chi connectivity index (χ0v) is 13.2. The lowest BCUT2D eigenvalue weighted by Crippen LogP contribution is -2.13. The minimum atomic E-state index is -4.94. The monoisotopic (exact) mass is 394 g/mol. The van der Waals surface area contributed by atoms with Crippen LogP contribution in [0.15, 0.2) is 34.7 Å². The Morgan fingerprint density at radius 2 is 1.54 bits per heavy atom.